The Morgan fingerprint density at radius 1 is 1.27 bits per heavy atom. The van der Waals surface area contributed by atoms with Crippen molar-refractivity contribution in [2.24, 2.45) is 0 Å². The monoisotopic (exact) mass is 225 g/mol. The van der Waals surface area contributed by atoms with Crippen LogP contribution in [0.15, 0.2) is 17.0 Å². The van der Waals surface area contributed by atoms with Crippen LogP contribution in [0.2, 0.25) is 0 Å². The summed E-state index contributed by atoms with van der Waals surface area (Å²) in [6.07, 6.45) is 0. The zero-order chi connectivity index (χ0) is 11.3. The van der Waals surface area contributed by atoms with Crippen LogP contribution in [0.3, 0.4) is 0 Å². The van der Waals surface area contributed by atoms with Crippen LogP contribution in [0.4, 0.5) is 0 Å². The lowest BCUT2D eigenvalue weighted by Crippen LogP contribution is -2.10. The van der Waals surface area contributed by atoms with Gasteiger partial charge in [0.05, 0.1) is 12.0 Å². The standard InChI is InChI=1S/C12H19NOS/c1-5-13-8-15-12-7-10(3)9(2)6-11(12)14-4/h6-7,13H,5,8H2,1-4H3. The molecule has 0 atom stereocenters. The van der Waals surface area contributed by atoms with Crippen molar-refractivity contribution in [3.63, 3.8) is 0 Å². The van der Waals surface area contributed by atoms with Crippen LogP contribution in [0.5, 0.6) is 5.75 Å². The van der Waals surface area contributed by atoms with E-state index >= 15 is 0 Å². The molecular weight excluding hydrogens is 206 g/mol. The summed E-state index contributed by atoms with van der Waals surface area (Å²) < 4.78 is 5.36. The average Bonchev–Trinajstić information content (AvgIpc) is 2.23. The molecule has 15 heavy (non-hydrogen) atoms. The van der Waals surface area contributed by atoms with Gasteiger partial charge in [-0.15, -0.1) is 11.8 Å². The summed E-state index contributed by atoms with van der Waals surface area (Å²) >= 11 is 1.78. The number of aryl methyl sites for hydroxylation is 2. The second-order valence-electron chi connectivity index (χ2n) is 3.48. The predicted octanol–water partition coefficient (Wildman–Crippen LogP) is 2.97. The van der Waals surface area contributed by atoms with Crippen LogP contribution in [-0.4, -0.2) is 19.5 Å². The third-order valence-electron chi connectivity index (χ3n) is 2.36. The molecule has 0 saturated heterocycles. The van der Waals surface area contributed by atoms with E-state index in [1.807, 2.05) is 0 Å². The van der Waals surface area contributed by atoms with Crippen LogP contribution in [0, 0.1) is 13.8 Å². The normalized spacial score (nSPS) is 10.4. The molecule has 0 aromatic heterocycles. The molecule has 1 N–H and O–H groups in total. The van der Waals surface area contributed by atoms with Crippen molar-refractivity contribution in [3.05, 3.63) is 23.3 Å². The average molecular weight is 225 g/mol. The Bertz CT molecular complexity index is 326. The first-order chi connectivity index (χ1) is 7.19. The predicted molar refractivity (Wildman–Crippen MR) is 66.9 cm³/mol. The van der Waals surface area contributed by atoms with E-state index in [1.165, 1.54) is 16.0 Å². The number of hydrogen-bond donors (Lipinski definition) is 1. The number of benzene rings is 1. The third-order valence-corrected chi connectivity index (χ3v) is 3.34. The molecular formula is C12H19NOS. The minimum atomic E-state index is 0.926. The number of thioether (sulfide) groups is 1. The smallest absolute Gasteiger partial charge is 0.132 e. The van der Waals surface area contributed by atoms with E-state index in [0.717, 1.165) is 18.2 Å². The number of methoxy groups -OCH3 is 1. The molecule has 0 spiro atoms. The molecule has 3 heteroatoms. The fourth-order valence-electron chi connectivity index (χ4n) is 1.27. The first-order valence-corrected chi connectivity index (χ1v) is 6.16. The Kier molecular flexibility index (Phi) is 4.99. The third kappa shape index (κ3) is 3.43. The van der Waals surface area contributed by atoms with E-state index in [-0.39, 0.29) is 0 Å². The van der Waals surface area contributed by atoms with Crippen molar-refractivity contribution in [1.82, 2.24) is 5.32 Å². The zero-order valence-electron chi connectivity index (χ0n) is 9.89. The van der Waals surface area contributed by atoms with E-state index in [1.54, 1.807) is 18.9 Å². The molecule has 0 saturated carbocycles. The molecule has 1 aromatic rings. The van der Waals surface area contributed by atoms with Crippen LogP contribution in [0.25, 0.3) is 0 Å². The number of hydrogen-bond acceptors (Lipinski definition) is 3. The molecule has 0 unspecified atom stereocenters. The second kappa shape index (κ2) is 6.03. The Hall–Kier alpha value is -0.670. The van der Waals surface area contributed by atoms with Crippen molar-refractivity contribution in [1.29, 1.82) is 0 Å². The quantitative estimate of drug-likeness (QED) is 0.473. The van der Waals surface area contributed by atoms with Crippen molar-refractivity contribution in [2.45, 2.75) is 25.7 Å². The lowest BCUT2D eigenvalue weighted by atomic mass is 10.1. The minimum Gasteiger partial charge on any atom is -0.496 e. The van der Waals surface area contributed by atoms with Gasteiger partial charge in [-0.05, 0) is 43.7 Å². The summed E-state index contributed by atoms with van der Waals surface area (Å²) in [5.41, 5.74) is 2.59. The van der Waals surface area contributed by atoms with Gasteiger partial charge in [0.1, 0.15) is 5.75 Å². The molecule has 0 aliphatic carbocycles. The minimum absolute atomic E-state index is 0.926. The molecule has 0 amide bonds. The summed E-state index contributed by atoms with van der Waals surface area (Å²) in [5, 5.41) is 3.29. The molecule has 1 rings (SSSR count). The van der Waals surface area contributed by atoms with Gasteiger partial charge < -0.3 is 10.1 Å². The van der Waals surface area contributed by atoms with Crippen LogP contribution in [-0.2, 0) is 0 Å². The van der Waals surface area contributed by atoms with Gasteiger partial charge in [-0.2, -0.15) is 0 Å². The Balaban J connectivity index is 2.80. The van der Waals surface area contributed by atoms with Gasteiger partial charge in [-0.3, -0.25) is 0 Å². The molecule has 0 bridgehead atoms. The number of nitrogens with one attached hydrogen (secondary N) is 1. The Labute approximate surface area is 96.4 Å². The lowest BCUT2D eigenvalue weighted by molar-refractivity contribution is 0.404. The molecule has 0 aliphatic heterocycles. The first kappa shape index (κ1) is 12.4. The highest BCUT2D eigenvalue weighted by molar-refractivity contribution is 7.99. The second-order valence-corrected chi connectivity index (χ2v) is 4.50. The molecule has 0 heterocycles. The van der Waals surface area contributed by atoms with Crippen molar-refractivity contribution in [3.8, 4) is 5.75 Å². The van der Waals surface area contributed by atoms with Crippen LogP contribution >= 0.6 is 11.8 Å². The van der Waals surface area contributed by atoms with Gasteiger partial charge in [0.2, 0.25) is 0 Å². The summed E-state index contributed by atoms with van der Waals surface area (Å²) in [4.78, 5) is 1.21. The molecule has 84 valence electrons. The van der Waals surface area contributed by atoms with Gasteiger partial charge in [-0.25, -0.2) is 0 Å². The van der Waals surface area contributed by atoms with Gasteiger partial charge in [-0.1, -0.05) is 6.92 Å². The Morgan fingerprint density at radius 3 is 2.53 bits per heavy atom. The zero-order valence-corrected chi connectivity index (χ0v) is 10.7. The molecule has 0 fully saturated rings. The molecule has 2 nitrogen and oxygen atoms in total. The number of rotatable bonds is 5. The Morgan fingerprint density at radius 2 is 1.93 bits per heavy atom. The highest BCUT2D eigenvalue weighted by Crippen LogP contribution is 2.31. The van der Waals surface area contributed by atoms with Gasteiger partial charge >= 0.3 is 0 Å². The van der Waals surface area contributed by atoms with E-state index in [4.69, 9.17) is 4.74 Å². The largest absolute Gasteiger partial charge is 0.496 e. The maximum absolute atomic E-state index is 5.36. The maximum atomic E-state index is 5.36. The van der Waals surface area contributed by atoms with Gasteiger partial charge in [0.15, 0.2) is 0 Å². The summed E-state index contributed by atoms with van der Waals surface area (Å²) in [5.74, 6) is 1.90. The van der Waals surface area contributed by atoms with E-state index in [2.05, 4.69) is 38.2 Å². The fourth-order valence-corrected chi connectivity index (χ4v) is 2.27. The van der Waals surface area contributed by atoms with Crippen molar-refractivity contribution in [2.75, 3.05) is 19.5 Å². The lowest BCUT2D eigenvalue weighted by Gasteiger charge is -2.11. The van der Waals surface area contributed by atoms with Crippen LogP contribution in [0.1, 0.15) is 18.1 Å². The highest BCUT2D eigenvalue weighted by Gasteiger charge is 2.05. The summed E-state index contributed by atoms with van der Waals surface area (Å²) in [6, 6.07) is 4.29. The molecule has 0 radical (unpaired) electrons. The molecule has 1 aromatic carbocycles. The first-order valence-electron chi connectivity index (χ1n) is 5.17. The van der Waals surface area contributed by atoms with Gasteiger partial charge in [0, 0.05) is 5.88 Å². The van der Waals surface area contributed by atoms with E-state index in [9.17, 15) is 0 Å². The molecule has 0 aliphatic rings. The SMILES string of the molecule is CCNCSc1cc(C)c(C)cc1OC. The topological polar surface area (TPSA) is 21.3 Å². The van der Waals surface area contributed by atoms with E-state index < -0.39 is 0 Å². The fraction of sp³-hybridized carbons (Fsp3) is 0.500. The maximum Gasteiger partial charge on any atom is 0.132 e. The van der Waals surface area contributed by atoms with Crippen molar-refractivity contribution < 1.29 is 4.74 Å². The van der Waals surface area contributed by atoms with Crippen LogP contribution < -0.4 is 10.1 Å². The van der Waals surface area contributed by atoms with Crippen molar-refractivity contribution >= 4 is 11.8 Å². The highest BCUT2D eigenvalue weighted by atomic mass is 32.2. The number of ether oxygens (including phenoxy) is 1. The van der Waals surface area contributed by atoms with E-state index in [0.29, 0.717) is 0 Å². The van der Waals surface area contributed by atoms with Gasteiger partial charge in [0.25, 0.3) is 0 Å². The summed E-state index contributed by atoms with van der Waals surface area (Å²) in [6.45, 7) is 7.35. The summed E-state index contributed by atoms with van der Waals surface area (Å²) in [7, 11) is 1.72.